The van der Waals surface area contributed by atoms with Gasteiger partial charge in [-0.25, -0.2) is 9.59 Å². The van der Waals surface area contributed by atoms with Crippen molar-refractivity contribution in [2.45, 2.75) is 50.6 Å². The predicted octanol–water partition coefficient (Wildman–Crippen LogP) is 4.02. The number of aliphatic carboxylic acids is 1. The highest BCUT2D eigenvalue weighted by Gasteiger charge is 2.42. The summed E-state index contributed by atoms with van der Waals surface area (Å²) < 4.78 is 5.66. The molecule has 178 valence electrons. The van der Waals surface area contributed by atoms with Gasteiger partial charge in [-0.3, -0.25) is 4.79 Å². The van der Waals surface area contributed by atoms with Gasteiger partial charge < -0.3 is 20.1 Å². The van der Waals surface area contributed by atoms with Crippen molar-refractivity contribution in [3.05, 3.63) is 59.7 Å². The average Bonchev–Trinajstić information content (AvgIpc) is 3.52. The maximum absolute atomic E-state index is 12.9. The first-order valence-corrected chi connectivity index (χ1v) is 12.1. The van der Waals surface area contributed by atoms with E-state index in [-0.39, 0.29) is 42.7 Å². The number of benzene rings is 2. The standard InChI is InChI=1S/C27H30N2O5/c1-16-12-13-29(25(16)26(31)32)24(30)14-23(17-10-11-17)28-27(33)34-15-22-20-8-4-2-6-18(20)19-7-3-5-9-21(19)22/h2-9,16-17,22-23,25H,10-15H2,1H3,(H,28,33)(H,31,32). The third kappa shape index (κ3) is 4.27. The highest BCUT2D eigenvalue weighted by molar-refractivity contribution is 5.85. The maximum Gasteiger partial charge on any atom is 0.407 e. The summed E-state index contributed by atoms with van der Waals surface area (Å²) in [5.41, 5.74) is 4.63. The molecular formula is C27H30N2O5. The Labute approximate surface area is 199 Å². The summed E-state index contributed by atoms with van der Waals surface area (Å²) >= 11 is 0. The maximum atomic E-state index is 12.9. The normalized spacial score (nSPS) is 22.1. The molecule has 7 nitrogen and oxygen atoms in total. The van der Waals surface area contributed by atoms with Crippen molar-refractivity contribution in [3.63, 3.8) is 0 Å². The van der Waals surface area contributed by atoms with Crippen molar-refractivity contribution < 1.29 is 24.2 Å². The number of amides is 2. The Morgan fingerprint density at radius 1 is 1.03 bits per heavy atom. The zero-order valence-electron chi connectivity index (χ0n) is 19.3. The minimum absolute atomic E-state index is 0.0263. The molecule has 0 aromatic heterocycles. The minimum atomic E-state index is -0.967. The summed E-state index contributed by atoms with van der Waals surface area (Å²) in [4.78, 5) is 38.8. The number of carbonyl (C=O) groups excluding carboxylic acids is 2. The summed E-state index contributed by atoms with van der Waals surface area (Å²) in [7, 11) is 0. The van der Waals surface area contributed by atoms with Gasteiger partial charge in [-0.2, -0.15) is 0 Å². The fraction of sp³-hybridized carbons (Fsp3) is 0.444. The number of carboxylic acids is 1. The van der Waals surface area contributed by atoms with Gasteiger partial charge in [-0.05, 0) is 53.4 Å². The van der Waals surface area contributed by atoms with Gasteiger partial charge in [0.15, 0.2) is 0 Å². The van der Waals surface area contributed by atoms with Gasteiger partial charge in [-0.15, -0.1) is 0 Å². The molecule has 2 aromatic rings. The van der Waals surface area contributed by atoms with Crippen LogP contribution in [-0.2, 0) is 14.3 Å². The number of carboxylic acid groups (broad SMARTS) is 1. The molecule has 7 heteroatoms. The summed E-state index contributed by atoms with van der Waals surface area (Å²) in [5.74, 6) is -1.05. The number of nitrogens with zero attached hydrogens (tertiary/aromatic N) is 1. The van der Waals surface area contributed by atoms with Gasteiger partial charge in [0.2, 0.25) is 5.91 Å². The van der Waals surface area contributed by atoms with Crippen LogP contribution in [-0.4, -0.2) is 53.2 Å². The lowest BCUT2D eigenvalue weighted by Gasteiger charge is -2.26. The Hall–Kier alpha value is -3.35. The lowest BCUT2D eigenvalue weighted by Crippen LogP contribution is -2.46. The summed E-state index contributed by atoms with van der Waals surface area (Å²) in [6, 6.07) is 15.2. The zero-order chi connectivity index (χ0) is 23.8. The Morgan fingerprint density at radius 2 is 1.65 bits per heavy atom. The van der Waals surface area contributed by atoms with Gasteiger partial charge in [0.1, 0.15) is 12.6 Å². The highest BCUT2D eigenvalue weighted by atomic mass is 16.5. The van der Waals surface area contributed by atoms with E-state index in [0.29, 0.717) is 13.0 Å². The minimum Gasteiger partial charge on any atom is -0.480 e. The molecule has 2 fully saturated rings. The zero-order valence-corrected chi connectivity index (χ0v) is 19.3. The first-order valence-electron chi connectivity index (χ1n) is 12.1. The van der Waals surface area contributed by atoms with E-state index in [4.69, 9.17) is 4.74 Å². The lowest BCUT2D eigenvalue weighted by molar-refractivity contribution is -0.149. The number of carbonyl (C=O) groups is 3. The van der Waals surface area contributed by atoms with E-state index in [0.717, 1.165) is 24.0 Å². The molecule has 0 spiro atoms. The molecule has 1 saturated heterocycles. The first kappa shape index (κ1) is 22.4. The van der Waals surface area contributed by atoms with Crippen molar-refractivity contribution >= 4 is 18.0 Å². The van der Waals surface area contributed by atoms with Crippen molar-refractivity contribution in [1.82, 2.24) is 10.2 Å². The number of fused-ring (bicyclic) bond motifs is 3. The van der Waals surface area contributed by atoms with Crippen LogP contribution in [0.4, 0.5) is 4.79 Å². The quantitative estimate of drug-likeness (QED) is 0.648. The largest absolute Gasteiger partial charge is 0.480 e. The van der Waals surface area contributed by atoms with E-state index >= 15 is 0 Å². The number of rotatable bonds is 7. The molecule has 0 bridgehead atoms. The van der Waals surface area contributed by atoms with Crippen LogP contribution in [0.3, 0.4) is 0 Å². The van der Waals surface area contributed by atoms with Crippen LogP contribution in [0.1, 0.15) is 49.7 Å². The molecule has 5 rings (SSSR count). The van der Waals surface area contributed by atoms with Crippen molar-refractivity contribution in [2.24, 2.45) is 11.8 Å². The number of alkyl carbamates (subject to hydrolysis) is 1. The number of ether oxygens (including phenoxy) is 1. The molecule has 1 saturated carbocycles. The molecule has 3 aliphatic rings. The summed E-state index contributed by atoms with van der Waals surface area (Å²) in [6.45, 7) is 2.52. The number of hydrogen-bond acceptors (Lipinski definition) is 4. The fourth-order valence-corrected chi connectivity index (χ4v) is 5.53. The fourth-order valence-electron chi connectivity index (χ4n) is 5.53. The number of nitrogens with one attached hydrogen (secondary N) is 1. The van der Waals surface area contributed by atoms with Crippen LogP contribution in [0.2, 0.25) is 0 Å². The smallest absolute Gasteiger partial charge is 0.407 e. The van der Waals surface area contributed by atoms with Crippen LogP contribution in [0, 0.1) is 11.8 Å². The topological polar surface area (TPSA) is 95.9 Å². The molecule has 2 aliphatic carbocycles. The average molecular weight is 463 g/mol. The lowest BCUT2D eigenvalue weighted by atomic mass is 9.98. The predicted molar refractivity (Wildman–Crippen MR) is 126 cm³/mol. The molecule has 3 atom stereocenters. The van der Waals surface area contributed by atoms with Crippen LogP contribution < -0.4 is 5.32 Å². The molecule has 0 radical (unpaired) electrons. The molecular weight excluding hydrogens is 432 g/mol. The summed E-state index contributed by atoms with van der Waals surface area (Å²) in [6.07, 6.45) is 2.14. The van der Waals surface area contributed by atoms with Crippen molar-refractivity contribution in [3.8, 4) is 11.1 Å². The van der Waals surface area contributed by atoms with Crippen LogP contribution in [0.25, 0.3) is 11.1 Å². The van der Waals surface area contributed by atoms with E-state index in [1.807, 2.05) is 31.2 Å². The third-order valence-corrected chi connectivity index (χ3v) is 7.51. The van der Waals surface area contributed by atoms with Crippen LogP contribution in [0.5, 0.6) is 0 Å². The molecule has 1 heterocycles. The second kappa shape index (κ2) is 9.12. The Kier molecular flexibility index (Phi) is 6.02. The SMILES string of the molecule is CC1CCN(C(=O)CC(NC(=O)OCC2c3ccccc3-c3ccccc32)C2CC2)C1C(=O)O. The molecule has 2 aromatic carbocycles. The molecule has 34 heavy (non-hydrogen) atoms. The van der Waals surface area contributed by atoms with Gasteiger partial charge in [0.25, 0.3) is 0 Å². The Balaban J connectivity index is 1.22. The van der Waals surface area contributed by atoms with Crippen molar-refractivity contribution in [1.29, 1.82) is 0 Å². The Bertz CT molecular complexity index is 1070. The van der Waals surface area contributed by atoms with E-state index in [1.165, 1.54) is 16.0 Å². The molecule has 2 N–H and O–H groups in total. The van der Waals surface area contributed by atoms with E-state index < -0.39 is 18.1 Å². The highest BCUT2D eigenvalue weighted by Crippen LogP contribution is 2.44. The second-order valence-electron chi connectivity index (χ2n) is 9.75. The molecule has 2 amide bonds. The first-order chi connectivity index (χ1) is 16.4. The van der Waals surface area contributed by atoms with Gasteiger partial charge in [0, 0.05) is 24.9 Å². The van der Waals surface area contributed by atoms with Gasteiger partial charge >= 0.3 is 12.1 Å². The van der Waals surface area contributed by atoms with E-state index in [9.17, 15) is 19.5 Å². The van der Waals surface area contributed by atoms with Crippen LogP contribution >= 0.6 is 0 Å². The number of likely N-dealkylation sites (tertiary alicyclic amines) is 1. The molecule has 1 aliphatic heterocycles. The van der Waals surface area contributed by atoms with Crippen molar-refractivity contribution in [2.75, 3.05) is 13.2 Å². The Morgan fingerprint density at radius 3 is 2.24 bits per heavy atom. The molecule has 3 unspecified atom stereocenters. The van der Waals surface area contributed by atoms with Crippen LogP contribution in [0.15, 0.2) is 48.5 Å². The van der Waals surface area contributed by atoms with E-state index in [1.54, 1.807) is 0 Å². The summed E-state index contributed by atoms with van der Waals surface area (Å²) in [5, 5.41) is 12.4. The second-order valence-corrected chi connectivity index (χ2v) is 9.75. The third-order valence-electron chi connectivity index (χ3n) is 7.51. The van der Waals surface area contributed by atoms with Gasteiger partial charge in [0.05, 0.1) is 0 Å². The van der Waals surface area contributed by atoms with E-state index in [2.05, 4.69) is 29.6 Å². The van der Waals surface area contributed by atoms with Gasteiger partial charge in [-0.1, -0.05) is 55.5 Å². The number of hydrogen-bond donors (Lipinski definition) is 2. The monoisotopic (exact) mass is 462 g/mol.